The normalized spacial score (nSPS) is 12.3. The van der Waals surface area contributed by atoms with Crippen molar-refractivity contribution >= 4 is 10.0 Å². The summed E-state index contributed by atoms with van der Waals surface area (Å²) in [5.41, 5.74) is 0. The molecule has 0 aliphatic carbocycles. The molecule has 0 aliphatic heterocycles. The van der Waals surface area contributed by atoms with Gasteiger partial charge in [0.2, 0.25) is 10.0 Å². The van der Waals surface area contributed by atoms with E-state index in [9.17, 15) is 8.42 Å². The summed E-state index contributed by atoms with van der Waals surface area (Å²) in [4.78, 5) is 0. The molecule has 0 saturated carbocycles. The van der Waals surface area contributed by atoms with Gasteiger partial charge in [-0.2, -0.15) is 0 Å². The summed E-state index contributed by atoms with van der Waals surface area (Å²) in [6.07, 6.45) is 1.63. The average molecular weight is 194 g/mol. The number of hydrogen-bond acceptors (Lipinski definition) is 3. The van der Waals surface area contributed by atoms with Gasteiger partial charge in [0.1, 0.15) is 0 Å². The molecule has 0 atom stereocenters. The molecule has 0 spiro atoms. The van der Waals surface area contributed by atoms with Gasteiger partial charge in [-0.3, -0.25) is 0 Å². The van der Waals surface area contributed by atoms with E-state index in [1.54, 1.807) is 14.1 Å². The smallest absolute Gasteiger partial charge is 0.213 e. The maximum absolute atomic E-state index is 11.2. The van der Waals surface area contributed by atoms with E-state index in [-0.39, 0.29) is 5.75 Å². The van der Waals surface area contributed by atoms with Crippen LogP contribution in [-0.4, -0.2) is 46.2 Å². The minimum absolute atomic E-state index is 0.252. The summed E-state index contributed by atoms with van der Waals surface area (Å²) < 4.78 is 23.7. The van der Waals surface area contributed by atoms with Gasteiger partial charge in [0.15, 0.2) is 0 Å². The largest absolute Gasteiger partial charge is 0.320 e. The van der Waals surface area contributed by atoms with E-state index in [1.807, 2.05) is 7.05 Å². The highest BCUT2D eigenvalue weighted by atomic mass is 32.2. The Morgan fingerprint density at radius 1 is 1.25 bits per heavy atom. The Morgan fingerprint density at radius 2 is 1.83 bits per heavy atom. The number of rotatable bonds is 6. The summed E-state index contributed by atoms with van der Waals surface area (Å²) in [5, 5.41) is 2.97. The second-order valence-corrected chi connectivity index (χ2v) is 5.21. The molecule has 1 N–H and O–H groups in total. The van der Waals surface area contributed by atoms with E-state index in [0.29, 0.717) is 0 Å². The third-order valence-corrected chi connectivity index (χ3v) is 3.55. The minimum atomic E-state index is -2.97. The molecule has 12 heavy (non-hydrogen) atoms. The zero-order valence-corrected chi connectivity index (χ0v) is 8.82. The first-order chi connectivity index (χ1) is 5.50. The summed E-state index contributed by atoms with van der Waals surface area (Å²) >= 11 is 0. The van der Waals surface area contributed by atoms with E-state index in [0.717, 1.165) is 19.4 Å². The van der Waals surface area contributed by atoms with Gasteiger partial charge in [-0.05, 0) is 26.4 Å². The van der Waals surface area contributed by atoms with Crippen LogP contribution in [0, 0.1) is 0 Å². The van der Waals surface area contributed by atoms with E-state index < -0.39 is 10.0 Å². The van der Waals surface area contributed by atoms with Gasteiger partial charge in [0.25, 0.3) is 0 Å². The van der Waals surface area contributed by atoms with Gasteiger partial charge in [0.05, 0.1) is 5.75 Å². The van der Waals surface area contributed by atoms with Crippen LogP contribution >= 0.6 is 0 Å². The molecule has 0 fully saturated rings. The predicted octanol–water partition coefficient (Wildman–Crippen LogP) is -0.123. The molecule has 0 heterocycles. The summed E-state index contributed by atoms with van der Waals surface area (Å²) in [6.45, 7) is 0.878. The zero-order valence-electron chi connectivity index (χ0n) is 8.00. The second-order valence-electron chi connectivity index (χ2n) is 2.91. The molecule has 0 amide bonds. The van der Waals surface area contributed by atoms with Crippen LogP contribution in [-0.2, 0) is 10.0 Å². The maximum Gasteiger partial charge on any atom is 0.213 e. The first kappa shape index (κ1) is 11.9. The Labute approximate surface area is 75.0 Å². The Bertz CT molecular complexity index is 199. The molecular formula is C7H18N2O2S. The van der Waals surface area contributed by atoms with Gasteiger partial charge in [0, 0.05) is 14.1 Å². The molecule has 0 aromatic heterocycles. The van der Waals surface area contributed by atoms with E-state index >= 15 is 0 Å². The standard InChI is InChI=1S/C7H18N2O2S/c1-8-6-4-5-7-12(10,11)9(2)3/h8H,4-7H2,1-3H3. The third-order valence-electron chi connectivity index (χ3n) is 1.64. The van der Waals surface area contributed by atoms with Crippen LogP contribution in [0.5, 0.6) is 0 Å². The molecule has 4 nitrogen and oxygen atoms in total. The SMILES string of the molecule is CNCCCCS(=O)(=O)N(C)C. The van der Waals surface area contributed by atoms with Gasteiger partial charge < -0.3 is 5.32 Å². The van der Waals surface area contributed by atoms with Crippen LogP contribution in [0.2, 0.25) is 0 Å². The van der Waals surface area contributed by atoms with Crippen molar-refractivity contribution in [3.05, 3.63) is 0 Å². The van der Waals surface area contributed by atoms with Crippen molar-refractivity contribution in [2.75, 3.05) is 33.4 Å². The van der Waals surface area contributed by atoms with Crippen LogP contribution in [0.15, 0.2) is 0 Å². The molecule has 0 aromatic carbocycles. The monoisotopic (exact) mass is 194 g/mol. The molecule has 0 aromatic rings. The Kier molecular flexibility index (Phi) is 5.44. The number of unbranched alkanes of at least 4 members (excludes halogenated alkanes) is 1. The van der Waals surface area contributed by atoms with Crippen molar-refractivity contribution in [3.8, 4) is 0 Å². The van der Waals surface area contributed by atoms with Crippen molar-refractivity contribution in [2.45, 2.75) is 12.8 Å². The van der Waals surface area contributed by atoms with Gasteiger partial charge in [-0.15, -0.1) is 0 Å². The highest BCUT2D eigenvalue weighted by Crippen LogP contribution is 1.98. The molecular weight excluding hydrogens is 176 g/mol. The van der Waals surface area contributed by atoms with Crippen molar-refractivity contribution in [1.29, 1.82) is 0 Å². The fourth-order valence-electron chi connectivity index (χ4n) is 0.769. The highest BCUT2D eigenvalue weighted by molar-refractivity contribution is 7.89. The van der Waals surface area contributed by atoms with Crippen LogP contribution in [0.3, 0.4) is 0 Å². The molecule has 0 unspecified atom stereocenters. The summed E-state index contributed by atoms with van der Waals surface area (Å²) in [5.74, 6) is 0.252. The van der Waals surface area contributed by atoms with Crippen molar-refractivity contribution in [2.24, 2.45) is 0 Å². The first-order valence-electron chi connectivity index (χ1n) is 4.05. The van der Waals surface area contributed by atoms with Gasteiger partial charge >= 0.3 is 0 Å². The summed E-state index contributed by atoms with van der Waals surface area (Å²) in [6, 6.07) is 0. The lowest BCUT2D eigenvalue weighted by Crippen LogP contribution is -2.25. The lowest BCUT2D eigenvalue weighted by molar-refractivity contribution is 0.516. The van der Waals surface area contributed by atoms with Gasteiger partial charge in [-0.25, -0.2) is 12.7 Å². The van der Waals surface area contributed by atoms with E-state index in [1.165, 1.54) is 4.31 Å². The maximum atomic E-state index is 11.2. The van der Waals surface area contributed by atoms with Crippen LogP contribution in [0.25, 0.3) is 0 Å². The van der Waals surface area contributed by atoms with E-state index in [2.05, 4.69) is 5.32 Å². The Hall–Kier alpha value is -0.130. The van der Waals surface area contributed by atoms with Crippen molar-refractivity contribution in [3.63, 3.8) is 0 Å². The number of nitrogens with one attached hydrogen (secondary N) is 1. The molecule has 0 rings (SSSR count). The quantitative estimate of drug-likeness (QED) is 0.600. The summed E-state index contributed by atoms with van der Waals surface area (Å²) in [7, 11) is 2.01. The Morgan fingerprint density at radius 3 is 2.25 bits per heavy atom. The van der Waals surface area contributed by atoms with Crippen LogP contribution in [0.4, 0.5) is 0 Å². The lowest BCUT2D eigenvalue weighted by Gasteiger charge is -2.10. The zero-order chi connectivity index (χ0) is 9.61. The molecule has 5 heteroatoms. The third kappa shape index (κ3) is 4.69. The topological polar surface area (TPSA) is 49.4 Å². The molecule has 0 radical (unpaired) electrons. The number of nitrogens with zero attached hydrogens (tertiary/aromatic N) is 1. The molecule has 74 valence electrons. The highest BCUT2D eigenvalue weighted by Gasteiger charge is 2.11. The van der Waals surface area contributed by atoms with Crippen molar-refractivity contribution in [1.82, 2.24) is 9.62 Å². The molecule has 0 bridgehead atoms. The van der Waals surface area contributed by atoms with Crippen molar-refractivity contribution < 1.29 is 8.42 Å². The molecule has 0 aliphatic rings. The Balaban J connectivity index is 3.63. The lowest BCUT2D eigenvalue weighted by atomic mass is 10.3. The van der Waals surface area contributed by atoms with Crippen LogP contribution < -0.4 is 5.32 Å². The molecule has 0 saturated heterocycles. The second kappa shape index (κ2) is 5.50. The van der Waals surface area contributed by atoms with E-state index in [4.69, 9.17) is 0 Å². The first-order valence-corrected chi connectivity index (χ1v) is 5.66. The minimum Gasteiger partial charge on any atom is -0.320 e. The predicted molar refractivity (Wildman–Crippen MR) is 50.6 cm³/mol. The fourth-order valence-corrected chi connectivity index (χ4v) is 1.70. The average Bonchev–Trinajstić information content (AvgIpc) is 1.98. The number of hydrogen-bond donors (Lipinski definition) is 1. The van der Waals surface area contributed by atoms with Crippen LogP contribution in [0.1, 0.15) is 12.8 Å². The number of sulfonamides is 1. The fraction of sp³-hybridized carbons (Fsp3) is 1.00. The van der Waals surface area contributed by atoms with Gasteiger partial charge in [-0.1, -0.05) is 0 Å².